The summed E-state index contributed by atoms with van der Waals surface area (Å²) < 4.78 is 5.36. The first kappa shape index (κ1) is 13.7. The number of ether oxygens (including phenoxy) is 1. The Morgan fingerprint density at radius 3 is 2.82 bits per heavy atom. The Morgan fingerprint density at radius 1 is 1.36 bits per heavy atom. The molecule has 1 amide bonds. The molecule has 1 aromatic carbocycles. The molecule has 1 fully saturated rings. The predicted octanol–water partition coefficient (Wildman–Crippen LogP) is 3.21. The van der Waals surface area contributed by atoms with Gasteiger partial charge in [0.2, 0.25) is 5.91 Å². The smallest absolute Gasteiger partial charge is 0.226 e. The zero-order chi connectivity index (χ0) is 15.5. The lowest BCUT2D eigenvalue weighted by atomic mass is 9.87. The molecule has 116 valence electrons. The number of rotatable bonds is 2. The third-order valence-corrected chi connectivity index (χ3v) is 5.18. The summed E-state index contributed by atoms with van der Waals surface area (Å²) in [5.41, 5.74) is 3.36. The summed E-state index contributed by atoms with van der Waals surface area (Å²) in [4.78, 5) is 18.2. The highest BCUT2D eigenvalue weighted by Crippen LogP contribution is 2.42. The Kier molecular flexibility index (Phi) is 2.80. The van der Waals surface area contributed by atoms with Crippen LogP contribution in [0.5, 0.6) is 5.75 Å². The van der Waals surface area contributed by atoms with Gasteiger partial charge >= 0.3 is 0 Å². The second-order valence-electron chi connectivity index (χ2n) is 6.96. The number of carbonyl (C=O) groups excluding carboxylic acids is 1. The summed E-state index contributed by atoms with van der Waals surface area (Å²) in [6.07, 6.45) is 3.02. The van der Waals surface area contributed by atoms with Crippen molar-refractivity contribution in [2.75, 3.05) is 13.7 Å². The molecule has 1 N–H and O–H groups in total. The molecule has 0 radical (unpaired) electrons. The number of amides is 1. The molecule has 0 bridgehead atoms. The van der Waals surface area contributed by atoms with E-state index >= 15 is 0 Å². The molecular weight excluding hydrogens is 276 g/mol. The van der Waals surface area contributed by atoms with Crippen molar-refractivity contribution in [3.05, 3.63) is 29.5 Å². The zero-order valence-electron chi connectivity index (χ0n) is 13.4. The fraction of sp³-hybridized carbons (Fsp3) is 0.500. The molecule has 1 aliphatic carbocycles. The Hall–Kier alpha value is -1.97. The van der Waals surface area contributed by atoms with Crippen LogP contribution in [0.15, 0.2) is 18.2 Å². The molecule has 1 saturated carbocycles. The van der Waals surface area contributed by atoms with Gasteiger partial charge in [-0.15, -0.1) is 0 Å². The molecule has 0 spiro atoms. The monoisotopic (exact) mass is 298 g/mol. The quantitative estimate of drug-likeness (QED) is 0.925. The van der Waals surface area contributed by atoms with Crippen LogP contribution in [0.4, 0.5) is 0 Å². The fourth-order valence-electron chi connectivity index (χ4n) is 3.71. The van der Waals surface area contributed by atoms with Crippen LogP contribution in [0.2, 0.25) is 0 Å². The number of benzene rings is 1. The summed E-state index contributed by atoms with van der Waals surface area (Å²) in [7, 11) is 1.69. The maximum absolute atomic E-state index is 12.6. The number of aromatic nitrogens is 1. The molecule has 0 atom stereocenters. The van der Waals surface area contributed by atoms with Crippen molar-refractivity contribution >= 4 is 16.8 Å². The van der Waals surface area contributed by atoms with Crippen LogP contribution in [0.25, 0.3) is 10.9 Å². The molecule has 1 aromatic heterocycles. The first-order valence-corrected chi connectivity index (χ1v) is 8.03. The highest BCUT2D eigenvalue weighted by molar-refractivity contribution is 5.88. The molecule has 22 heavy (non-hydrogen) atoms. The molecule has 2 heterocycles. The SMILES string of the molecule is COc1ccc2[nH]c3c(c2c1)CCN(C(=O)C1CC1)C3(C)C. The van der Waals surface area contributed by atoms with Crippen LogP contribution in [-0.2, 0) is 16.8 Å². The van der Waals surface area contributed by atoms with E-state index in [4.69, 9.17) is 4.74 Å². The van der Waals surface area contributed by atoms with Crippen molar-refractivity contribution < 1.29 is 9.53 Å². The van der Waals surface area contributed by atoms with Crippen LogP contribution in [0.3, 0.4) is 0 Å². The number of hydrogen-bond acceptors (Lipinski definition) is 2. The van der Waals surface area contributed by atoms with E-state index in [0.717, 1.165) is 37.1 Å². The summed E-state index contributed by atoms with van der Waals surface area (Å²) in [5, 5.41) is 1.22. The van der Waals surface area contributed by atoms with E-state index in [1.54, 1.807) is 7.11 Å². The normalized spacial score (nSPS) is 20.0. The van der Waals surface area contributed by atoms with Gasteiger partial charge in [-0.25, -0.2) is 0 Å². The van der Waals surface area contributed by atoms with Gasteiger partial charge in [-0.2, -0.15) is 0 Å². The Bertz CT molecular complexity index is 756. The molecule has 0 saturated heterocycles. The van der Waals surface area contributed by atoms with Crippen LogP contribution >= 0.6 is 0 Å². The van der Waals surface area contributed by atoms with Crippen LogP contribution in [-0.4, -0.2) is 29.4 Å². The van der Waals surface area contributed by atoms with Crippen molar-refractivity contribution in [2.24, 2.45) is 5.92 Å². The summed E-state index contributed by atoms with van der Waals surface area (Å²) in [5.74, 6) is 1.47. The van der Waals surface area contributed by atoms with Gasteiger partial charge in [-0.05, 0) is 56.9 Å². The van der Waals surface area contributed by atoms with Gasteiger partial charge < -0.3 is 14.6 Å². The van der Waals surface area contributed by atoms with E-state index in [1.165, 1.54) is 16.6 Å². The lowest BCUT2D eigenvalue weighted by Gasteiger charge is -2.42. The zero-order valence-corrected chi connectivity index (χ0v) is 13.4. The van der Waals surface area contributed by atoms with Crippen molar-refractivity contribution in [1.29, 1.82) is 0 Å². The van der Waals surface area contributed by atoms with Gasteiger partial charge in [0.25, 0.3) is 0 Å². The van der Waals surface area contributed by atoms with Gasteiger partial charge in [0.1, 0.15) is 5.75 Å². The van der Waals surface area contributed by atoms with Crippen LogP contribution in [0, 0.1) is 5.92 Å². The number of carbonyl (C=O) groups is 1. The van der Waals surface area contributed by atoms with Crippen LogP contribution < -0.4 is 4.74 Å². The molecule has 4 rings (SSSR count). The number of fused-ring (bicyclic) bond motifs is 3. The van der Waals surface area contributed by atoms with Gasteiger partial charge in [0.05, 0.1) is 12.6 Å². The molecule has 1 aliphatic heterocycles. The van der Waals surface area contributed by atoms with Gasteiger partial charge in [0, 0.05) is 29.1 Å². The number of H-pyrrole nitrogens is 1. The lowest BCUT2D eigenvalue weighted by molar-refractivity contribution is -0.139. The van der Waals surface area contributed by atoms with E-state index < -0.39 is 0 Å². The number of hydrogen-bond donors (Lipinski definition) is 1. The molecule has 4 heteroatoms. The third kappa shape index (κ3) is 1.86. The molecule has 2 aromatic rings. The summed E-state index contributed by atoms with van der Waals surface area (Å²) >= 11 is 0. The first-order valence-electron chi connectivity index (χ1n) is 8.03. The van der Waals surface area contributed by atoms with E-state index in [9.17, 15) is 4.79 Å². The first-order chi connectivity index (χ1) is 10.5. The van der Waals surface area contributed by atoms with Crippen molar-refractivity contribution in [3.63, 3.8) is 0 Å². The van der Waals surface area contributed by atoms with Crippen LogP contribution in [0.1, 0.15) is 37.9 Å². The van der Waals surface area contributed by atoms with E-state index in [0.29, 0.717) is 5.91 Å². The fourth-order valence-corrected chi connectivity index (χ4v) is 3.71. The predicted molar refractivity (Wildman–Crippen MR) is 86.0 cm³/mol. The largest absolute Gasteiger partial charge is 0.497 e. The van der Waals surface area contributed by atoms with Gasteiger partial charge in [-0.3, -0.25) is 4.79 Å². The second-order valence-corrected chi connectivity index (χ2v) is 6.96. The minimum Gasteiger partial charge on any atom is -0.497 e. The minimum absolute atomic E-state index is 0.269. The summed E-state index contributed by atoms with van der Waals surface area (Å²) in [6.45, 7) is 5.11. The maximum Gasteiger partial charge on any atom is 0.226 e. The van der Waals surface area contributed by atoms with E-state index in [2.05, 4.69) is 35.9 Å². The second kappa shape index (κ2) is 4.51. The number of nitrogens with zero attached hydrogens (tertiary/aromatic N) is 1. The summed E-state index contributed by atoms with van der Waals surface area (Å²) in [6, 6.07) is 6.14. The van der Waals surface area contributed by atoms with Crippen molar-refractivity contribution in [3.8, 4) is 5.75 Å². The van der Waals surface area contributed by atoms with Gasteiger partial charge in [0.15, 0.2) is 0 Å². The Balaban J connectivity index is 1.82. The molecule has 0 unspecified atom stereocenters. The minimum atomic E-state index is -0.278. The van der Waals surface area contributed by atoms with Gasteiger partial charge in [-0.1, -0.05) is 0 Å². The standard InChI is InChI=1S/C18H22N2O2/c1-18(2)16-13(8-9-20(18)17(21)11-4-5-11)14-10-12(22-3)6-7-15(14)19-16/h6-7,10-11,19H,4-5,8-9H2,1-3H3. The highest BCUT2D eigenvalue weighted by Gasteiger charge is 2.44. The number of nitrogens with one attached hydrogen (secondary N) is 1. The highest BCUT2D eigenvalue weighted by atomic mass is 16.5. The Morgan fingerprint density at radius 2 is 2.14 bits per heavy atom. The molecular formula is C18H22N2O2. The maximum atomic E-state index is 12.6. The lowest BCUT2D eigenvalue weighted by Crippen LogP contribution is -2.50. The third-order valence-electron chi connectivity index (χ3n) is 5.18. The van der Waals surface area contributed by atoms with E-state index in [1.807, 2.05) is 6.07 Å². The molecule has 4 nitrogen and oxygen atoms in total. The number of aromatic amines is 1. The molecule has 2 aliphatic rings. The van der Waals surface area contributed by atoms with Crippen molar-refractivity contribution in [1.82, 2.24) is 9.88 Å². The average Bonchev–Trinajstić information content (AvgIpc) is 3.28. The van der Waals surface area contributed by atoms with Crippen molar-refractivity contribution in [2.45, 2.75) is 38.6 Å². The van der Waals surface area contributed by atoms with E-state index in [-0.39, 0.29) is 11.5 Å². The number of methoxy groups -OCH3 is 1. The average molecular weight is 298 g/mol. The topological polar surface area (TPSA) is 45.3 Å². The Labute approximate surface area is 130 Å².